The molecule has 0 fully saturated rings. The van der Waals surface area contributed by atoms with Crippen LogP contribution in [0.5, 0.6) is 0 Å². The third-order valence-corrected chi connectivity index (χ3v) is 5.19. The van der Waals surface area contributed by atoms with Crippen molar-refractivity contribution in [3.8, 4) is 0 Å². The van der Waals surface area contributed by atoms with Crippen LogP contribution in [0.4, 0.5) is 4.39 Å². The normalized spacial score (nSPS) is 15.8. The molecule has 1 aliphatic rings. The van der Waals surface area contributed by atoms with E-state index in [1.165, 1.54) is 23.5 Å². The highest BCUT2D eigenvalue weighted by Gasteiger charge is 2.27. The Balaban J connectivity index is 1.75. The lowest BCUT2D eigenvalue weighted by Gasteiger charge is -1.95. The van der Waals surface area contributed by atoms with E-state index in [1.807, 2.05) is 24.3 Å². The van der Waals surface area contributed by atoms with Crippen molar-refractivity contribution >= 4 is 51.0 Å². The lowest BCUT2D eigenvalue weighted by Crippen LogP contribution is -2.04. The Morgan fingerprint density at radius 3 is 2.62 bits per heavy atom. The van der Waals surface area contributed by atoms with Crippen LogP contribution in [0.1, 0.15) is 10.4 Å². The maximum absolute atomic E-state index is 13.0. The quantitative estimate of drug-likeness (QED) is 0.476. The molecule has 24 heavy (non-hydrogen) atoms. The number of carbonyl (C=O) groups is 1. The number of thiophene rings is 1. The maximum Gasteiger partial charge on any atom is 0.363 e. The largest absolute Gasteiger partial charge is 0.401 e. The number of carbonyl (C=O) groups excluding carboxylic acids is 1. The van der Waals surface area contributed by atoms with Gasteiger partial charge in [-0.05, 0) is 29.8 Å². The highest BCUT2D eigenvalue weighted by atomic mass is 35.5. The second kappa shape index (κ2) is 5.85. The van der Waals surface area contributed by atoms with Crippen LogP contribution >= 0.6 is 22.9 Å². The summed E-state index contributed by atoms with van der Waals surface area (Å²) in [6, 6.07) is 13.4. The summed E-state index contributed by atoms with van der Waals surface area (Å²) in [5.74, 6) is -0.699. The van der Waals surface area contributed by atoms with Crippen LogP contribution in [-0.2, 0) is 9.53 Å². The number of fused-ring (bicyclic) bond motifs is 1. The van der Waals surface area contributed by atoms with E-state index in [2.05, 4.69) is 4.99 Å². The van der Waals surface area contributed by atoms with Crippen molar-refractivity contribution in [1.82, 2.24) is 0 Å². The molecule has 0 amide bonds. The number of ether oxygens (including phenoxy) is 1. The van der Waals surface area contributed by atoms with Gasteiger partial charge in [0, 0.05) is 10.1 Å². The predicted octanol–water partition coefficient (Wildman–Crippen LogP) is 5.04. The van der Waals surface area contributed by atoms with Gasteiger partial charge in [-0.1, -0.05) is 41.9 Å². The van der Waals surface area contributed by atoms with Crippen molar-refractivity contribution in [2.24, 2.45) is 4.99 Å². The maximum atomic E-state index is 13.0. The van der Waals surface area contributed by atoms with Crippen LogP contribution in [0.2, 0.25) is 5.02 Å². The highest BCUT2D eigenvalue weighted by molar-refractivity contribution is 7.21. The molecule has 2 aromatic carbocycles. The van der Waals surface area contributed by atoms with Crippen molar-refractivity contribution in [2.75, 3.05) is 0 Å². The van der Waals surface area contributed by atoms with Gasteiger partial charge in [0.15, 0.2) is 5.70 Å². The number of esters is 1. The summed E-state index contributed by atoms with van der Waals surface area (Å²) in [6.07, 6.45) is 1.55. The summed E-state index contributed by atoms with van der Waals surface area (Å²) in [6.45, 7) is 0. The molecule has 0 saturated carbocycles. The van der Waals surface area contributed by atoms with Crippen LogP contribution in [0.15, 0.2) is 59.2 Å². The van der Waals surface area contributed by atoms with E-state index in [0.717, 1.165) is 10.1 Å². The second-order valence-electron chi connectivity index (χ2n) is 5.13. The zero-order valence-electron chi connectivity index (χ0n) is 12.1. The average molecular weight is 358 g/mol. The molecule has 0 saturated heterocycles. The molecule has 0 spiro atoms. The molecule has 4 rings (SSSR count). The summed E-state index contributed by atoms with van der Waals surface area (Å²) < 4.78 is 19.2. The summed E-state index contributed by atoms with van der Waals surface area (Å²) in [7, 11) is 0. The van der Waals surface area contributed by atoms with E-state index in [0.29, 0.717) is 15.5 Å². The third-order valence-electron chi connectivity index (χ3n) is 3.52. The van der Waals surface area contributed by atoms with Gasteiger partial charge in [-0.15, -0.1) is 11.3 Å². The van der Waals surface area contributed by atoms with Gasteiger partial charge in [0.05, 0.1) is 5.02 Å². The smallest absolute Gasteiger partial charge is 0.363 e. The van der Waals surface area contributed by atoms with Crippen LogP contribution in [0.25, 0.3) is 16.2 Å². The number of rotatable bonds is 2. The van der Waals surface area contributed by atoms with Gasteiger partial charge in [0.2, 0.25) is 5.90 Å². The molecule has 118 valence electrons. The zero-order chi connectivity index (χ0) is 16.7. The zero-order valence-corrected chi connectivity index (χ0v) is 13.7. The Morgan fingerprint density at radius 1 is 1.12 bits per heavy atom. The Morgan fingerprint density at radius 2 is 1.88 bits per heavy atom. The fourth-order valence-electron chi connectivity index (χ4n) is 2.37. The molecule has 1 aliphatic heterocycles. The number of hydrogen-bond donors (Lipinski definition) is 0. The molecule has 0 bridgehead atoms. The van der Waals surface area contributed by atoms with Gasteiger partial charge in [0.25, 0.3) is 0 Å². The molecule has 0 aliphatic carbocycles. The SMILES string of the molecule is O=C1OC(c2sc3ccccc3c2Cl)=N/C1=C\c1ccc(F)cc1. The van der Waals surface area contributed by atoms with Crippen LogP contribution in [-0.4, -0.2) is 11.9 Å². The minimum atomic E-state index is -0.553. The van der Waals surface area contributed by atoms with Crippen LogP contribution in [0, 0.1) is 5.82 Å². The van der Waals surface area contributed by atoms with Gasteiger partial charge in [-0.25, -0.2) is 14.2 Å². The topological polar surface area (TPSA) is 38.7 Å². The summed E-state index contributed by atoms with van der Waals surface area (Å²) in [4.78, 5) is 16.9. The molecular formula is C18H9ClFNO2S. The fourth-order valence-corrected chi connectivity index (χ4v) is 3.81. The monoisotopic (exact) mass is 357 g/mol. The van der Waals surface area contributed by atoms with E-state index >= 15 is 0 Å². The van der Waals surface area contributed by atoms with Gasteiger partial charge in [-0.2, -0.15) is 0 Å². The van der Waals surface area contributed by atoms with Gasteiger partial charge in [0.1, 0.15) is 10.7 Å². The lowest BCUT2D eigenvalue weighted by molar-refractivity contribution is -0.129. The predicted molar refractivity (Wildman–Crippen MR) is 93.8 cm³/mol. The molecular weight excluding hydrogens is 349 g/mol. The van der Waals surface area contributed by atoms with E-state index in [1.54, 1.807) is 18.2 Å². The summed E-state index contributed by atoms with van der Waals surface area (Å²) in [5, 5.41) is 1.42. The molecule has 0 radical (unpaired) electrons. The van der Waals surface area contributed by atoms with Gasteiger partial charge < -0.3 is 4.74 Å². The Kier molecular flexibility index (Phi) is 3.67. The fraction of sp³-hybridized carbons (Fsp3) is 0. The molecule has 6 heteroatoms. The molecule has 2 heterocycles. The first kappa shape index (κ1) is 15.1. The summed E-state index contributed by atoms with van der Waals surface area (Å²) in [5.41, 5.74) is 0.820. The lowest BCUT2D eigenvalue weighted by atomic mass is 10.2. The molecule has 0 unspecified atom stereocenters. The van der Waals surface area contributed by atoms with E-state index in [-0.39, 0.29) is 17.4 Å². The van der Waals surface area contributed by atoms with Crippen molar-refractivity contribution in [2.45, 2.75) is 0 Å². The molecule has 1 aromatic heterocycles. The first-order chi connectivity index (χ1) is 11.6. The van der Waals surface area contributed by atoms with Crippen molar-refractivity contribution in [3.05, 3.63) is 75.5 Å². The average Bonchev–Trinajstić information content (AvgIpc) is 3.11. The molecule has 0 N–H and O–H groups in total. The minimum absolute atomic E-state index is 0.158. The van der Waals surface area contributed by atoms with Gasteiger partial charge >= 0.3 is 5.97 Å². The standard InChI is InChI=1S/C18H9ClFNO2S/c19-15-12-3-1-2-4-14(12)24-16(15)17-21-13(18(22)23-17)9-10-5-7-11(20)8-6-10/h1-9H/b13-9-. The first-order valence-electron chi connectivity index (χ1n) is 7.07. The van der Waals surface area contributed by atoms with Crippen molar-refractivity contribution in [1.29, 1.82) is 0 Å². The molecule has 0 atom stereocenters. The van der Waals surface area contributed by atoms with Crippen molar-refractivity contribution < 1.29 is 13.9 Å². The minimum Gasteiger partial charge on any atom is -0.401 e. The highest BCUT2D eigenvalue weighted by Crippen LogP contribution is 2.37. The number of halogens is 2. The number of cyclic esters (lactones) is 1. The number of benzene rings is 2. The second-order valence-corrected chi connectivity index (χ2v) is 6.56. The van der Waals surface area contributed by atoms with E-state index in [9.17, 15) is 9.18 Å². The third kappa shape index (κ3) is 2.62. The molecule has 3 nitrogen and oxygen atoms in total. The molecule has 3 aromatic rings. The van der Waals surface area contributed by atoms with E-state index in [4.69, 9.17) is 16.3 Å². The van der Waals surface area contributed by atoms with Crippen LogP contribution in [0.3, 0.4) is 0 Å². The first-order valence-corrected chi connectivity index (χ1v) is 8.27. The Bertz CT molecular complexity index is 1020. The number of hydrogen-bond acceptors (Lipinski definition) is 4. The summed E-state index contributed by atoms with van der Waals surface area (Å²) >= 11 is 7.80. The van der Waals surface area contributed by atoms with E-state index < -0.39 is 5.97 Å². The number of aliphatic imine (C=N–C) groups is 1. The van der Waals surface area contributed by atoms with Crippen LogP contribution < -0.4 is 0 Å². The number of nitrogens with zero attached hydrogens (tertiary/aromatic N) is 1. The Hall–Kier alpha value is -2.50. The van der Waals surface area contributed by atoms with Gasteiger partial charge in [-0.3, -0.25) is 0 Å². The van der Waals surface area contributed by atoms with Crippen molar-refractivity contribution in [3.63, 3.8) is 0 Å². The Labute approximate surface area is 145 Å².